The first-order chi connectivity index (χ1) is 10.7. The molecule has 3 aromatic carbocycles. The fourth-order valence-corrected chi connectivity index (χ4v) is 1.03. The molecule has 0 atom stereocenters. The maximum Gasteiger partial charge on any atom is 3.00 e. The van der Waals surface area contributed by atoms with E-state index in [9.17, 15) is 0 Å². The van der Waals surface area contributed by atoms with Crippen LogP contribution in [-0.2, 0) is 21.7 Å². The molecule has 23 heavy (non-hydrogen) atoms. The van der Waals surface area contributed by atoms with E-state index in [1.165, 1.54) is 0 Å². The second-order valence-electron chi connectivity index (χ2n) is 4.33. The summed E-state index contributed by atoms with van der Waals surface area (Å²) in [6.45, 7) is 3.44. The zero-order valence-electron chi connectivity index (χ0n) is 13.7. The predicted octanol–water partition coefficient (Wildman–Crippen LogP) is 4.84. The normalized spacial score (nSPS) is 7.83. The molecule has 0 saturated carbocycles. The van der Waals surface area contributed by atoms with Gasteiger partial charge in [0.05, 0.1) is 0 Å². The summed E-state index contributed by atoms with van der Waals surface area (Å²) in [5.74, 6) is 0. The van der Waals surface area contributed by atoms with Gasteiger partial charge in [-0.05, 0) is 13.8 Å². The molecule has 117 valence electrons. The van der Waals surface area contributed by atoms with Gasteiger partial charge in [0.15, 0.2) is 0 Å². The Balaban J connectivity index is 0. The maximum atomic E-state index is 8.06. The Bertz CT molecular complexity index is 340. The van der Waals surface area contributed by atoms with E-state index in [2.05, 4.69) is 18.2 Å². The number of rotatable bonds is 0. The second kappa shape index (κ2) is 20.3. The van der Waals surface area contributed by atoms with E-state index in [-0.39, 0.29) is 27.8 Å². The molecule has 0 heterocycles. The van der Waals surface area contributed by atoms with Gasteiger partial charge < -0.3 is 5.11 Å². The van der Waals surface area contributed by atoms with Gasteiger partial charge in [0.1, 0.15) is 0 Å². The summed E-state index contributed by atoms with van der Waals surface area (Å²) >= 11 is 0. The van der Waals surface area contributed by atoms with E-state index in [4.69, 9.17) is 5.11 Å². The monoisotopic (exact) mass is 339 g/mol. The minimum atomic E-state index is -0.167. The van der Waals surface area contributed by atoms with Crippen molar-refractivity contribution in [3.63, 3.8) is 0 Å². The summed E-state index contributed by atoms with van der Waals surface area (Å²) in [5.41, 5.74) is 0. The minimum Gasteiger partial charge on any atom is -0.394 e. The van der Waals surface area contributed by atoms with Crippen LogP contribution in [0, 0.1) is 18.2 Å². The summed E-state index contributed by atoms with van der Waals surface area (Å²) in [7, 11) is 0. The summed E-state index contributed by atoms with van der Waals surface area (Å²) in [6, 6.07) is 37.5. The van der Waals surface area contributed by atoms with Gasteiger partial charge in [-0.2, -0.15) is 109 Å². The predicted molar refractivity (Wildman–Crippen MR) is 93.2 cm³/mol. The van der Waals surface area contributed by atoms with Gasteiger partial charge in [-0.25, -0.2) is 0 Å². The van der Waals surface area contributed by atoms with Crippen molar-refractivity contribution in [2.45, 2.75) is 20.0 Å². The van der Waals surface area contributed by atoms with E-state index in [0.29, 0.717) is 0 Å². The van der Waals surface area contributed by atoms with Crippen molar-refractivity contribution in [1.29, 1.82) is 0 Å². The van der Waals surface area contributed by atoms with Crippen molar-refractivity contribution in [2.24, 2.45) is 0 Å². The Morgan fingerprint density at radius 1 is 0.522 bits per heavy atom. The molecule has 0 unspecified atom stereocenters. The number of hydrogen-bond acceptors (Lipinski definition) is 1. The number of aliphatic hydroxyl groups excluding tert-OH is 1. The standard InChI is InChI=1S/3C6H5.C3H8O.Ti/c3*1-2-4-6-5-3-1;1-3(2)4;/h3*1-5H;3-4H,1-2H3;/q3*-1;;+3. The Morgan fingerprint density at radius 3 is 0.739 bits per heavy atom. The summed E-state index contributed by atoms with van der Waals surface area (Å²) in [6.07, 6.45) is -0.167. The van der Waals surface area contributed by atoms with Crippen LogP contribution in [0.5, 0.6) is 0 Å². The first-order valence-corrected chi connectivity index (χ1v) is 7.14. The SMILES string of the molecule is CC(C)O.[Ti+3].[c-]1ccccc1.[c-]1ccccc1.[c-]1ccccc1. The van der Waals surface area contributed by atoms with Crippen LogP contribution in [0.4, 0.5) is 0 Å². The molecule has 1 radical (unpaired) electrons. The third-order valence-corrected chi connectivity index (χ3v) is 1.82. The van der Waals surface area contributed by atoms with Gasteiger partial charge in [0.25, 0.3) is 0 Å². The molecule has 0 bridgehead atoms. The first-order valence-electron chi connectivity index (χ1n) is 7.14. The van der Waals surface area contributed by atoms with Crippen LogP contribution in [0.25, 0.3) is 0 Å². The van der Waals surface area contributed by atoms with Gasteiger partial charge in [-0.15, -0.1) is 0 Å². The van der Waals surface area contributed by atoms with Gasteiger partial charge in [0.2, 0.25) is 0 Å². The van der Waals surface area contributed by atoms with Gasteiger partial charge in [-0.3, -0.25) is 0 Å². The second-order valence-corrected chi connectivity index (χ2v) is 4.33. The molecule has 0 aliphatic rings. The number of aliphatic hydroxyl groups is 1. The molecule has 0 amide bonds. The van der Waals surface area contributed by atoms with Crippen LogP contribution >= 0.6 is 0 Å². The van der Waals surface area contributed by atoms with Crippen molar-refractivity contribution in [3.05, 3.63) is 109 Å². The molecular weight excluding hydrogens is 316 g/mol. The van der Waals surface area contributed by atoms with Crippen molar-refractivity contribution in [1.82, 2.24) is 0 Å². The molecule has 3 aromatic rings. The maximum absolute atomic E-state index is 8.06. The molecule has 3 rings (SSSR count). The molecule has 0 saturated heterocycles. The average molecular weight is 339 g/mol. The van der Waals surface area contributed by atoms with E-state index < -0.39 is 0 Å². The van der Waals surface area contributed by atoms with Crippen LogP contribution in [-0.4, -0.2) is 11.2 Å². The number of hydrogen-bond donors (Lipinski definition) is 1. The third kappa shape index (κ3) is 25.6. The van der Waals surface area contributed by atoms with Gasteiger partial charge in [0, 0.05) is 6.10 Å². The Labute approximate surface area is 155 Å². The minimum absolute atomic E-state index is 0. The number of benzene rings is 3. The fourth-order valence-electron chi connectivity index (χ4n) is 1.03. The smallest absolute Gasteiger partial charge is 0.394 e. The van der Waals surface area contributed by atoms with Crippen LogP contribution < -0.4 is 0 Å². The van der Waals surface area contributed by atoms with Gasteiger partial charge in [-0.1, -0.05) is 0 Å². The van der Waals surface area contributed by atoms with Crippen LogP contribution in [0.1, 0.15) is 13.8 Å². The topological polar surface area (TPSA) is 20.2 Å². The molecular formula is C21H23OTi. The fraction of sp³-hybridized carbons (Fsp3) is 0.143. The molecule has 1 nitrogen and oxygen atoms in total. The summed E-state index contributed by atoms with van der Waals surface area (Å²) in [5, 5.41) is 8.06. The molecule has 0 spiro atoms. The average Bonchev–Trinajstić information content (AvgIpc) is 2.60. The molecule has 1 N–H and O–H groups in total. The van der Waals surface area contributed by atoms with Crippen molar-refractivity contribution < 1.29 is 26.8 Å². The van der Waals surface area contributed by atoms with E-state index in [1.807, 2.05) is 91.0 Å². The van der Waals surface area contributed by atoms with E-state index >= 15 is 0 Å². The Kier molecular flexibility index (Phi) is 20.9. The summed E-state index contributed by atoms with van der Waals surface area (Å²) in [4.78, 5) is 0. The Hall–Kier alpha value is -1.67. The van der Waals surface area contributed by atoms with Crippen LogP contribution in [0.3, 0.4) is 0 Å². The molecule has 0 aliphatic heterocycles. The molecule has 0 aliphatic carbocycles. The van der Waals surface area contributed by atoms with Crippen molar-refractivity contribution >= 4 is 0 Å². The zero-order valence-corrected chi connectivity index (χ0v) is 15.2. The summed E-state index contributed by atoms with van der Waals surface area (Å²) < 4.78 is 0. The zero-order chi connectivity index (χ0) is 16.3. The van der Waals surface area contributed by atoms with Crippen LogP contribution in [0.15, 0.2) is 91.0 Å². The van der Waals surface area contributed by atoms with Crippen molar-refractivity contribution in [2.75, 3.05) is 0 Å². The van der Waals surface area contributed by atoms with Gasteiger partial charge >= 0.3 is 21.7 Å². The van der Waals surface area contributed by atoms with E-state index in [0.717, 1.165) is 0 Å². The Morgan fingerprint density at radius 2 is 0.696 bits per heavy atom. The molecule has 0 fully saturated rings. The van der Waals surface area contributed by atoms with Crippen LogP contribution in [0.2, 0.25) is 0 Å². The third-order valence-electron chi connectivity index (χ3n) is 1.82. The molecule has 2 heteroatoms. The quantitative estimate of drug-likeness (QED) is 0.459. The van der Waals surface area contributed by atoms with Crippen molar-refractivity contribution in [3.8, 4) is 0 Å². The first kappa shape index (κ1) is 23.6. The van der Waals surface area contributed by atoms with E-state index in [1.54, 1.807) is 13.8 Å². The molecule has 0 aromatic heterocycles. The largest absolute Gasteiger partial charge is 3.00 e.